The summed E-state index contributed by atoms with van der Waals surface area (Å²) in [5.41, 5.74) is 1.63. The number of aliphatic hydroxyl groups excluding tert-OH is 1. The third-order valence-corrected chi connectivity index (χ3v) is 4.84. The van der Waals surface area contributed by atoms with Crippen LogP contribution >= 0.6 is 0 Å². The topological polar surface area (TPSA) is 75.4 Å². The Morgan fingerprint density at radius 1 is 1.15 bits per heavy atom. The maximum absolute atomic E-state index is 12.5. The molecule has 0 unspecified atom stereocenters. The average molecular weight is 355 g/mol. The molecule has 6 heteroatoms. The summed E-state index contributed by atoms with van der Waals surface area (Å²) < 4.78 is 1.73. The van der Waals surface area contributed by atoms with Gasteiger partial charge < -0.3 is 10.0 Å². The highest BCUT2D eigenvalue weighted by molar-refractivity contribution is 5.97. The number of amides is 1. The number of carbonyl (C=O) groups is 2. The minimum Gasteiger partial charge on any atom is -0.394 e. The lowest BCUT2D eigenvalue weighted by molar-refractivity contribution is -0.132. The van der Waals surface area contributed by atoms with Crippen LogP contribution in [0.1, 0.15) is 47.7 Å². The van der Waals surface area contributed by atoms with Gasteiger partial charge in [-0.15, -0.1) is 0 Å². The van der Waals surface area contributed by atoms with Crippen molar-refractivity contribution in [2.75, 3.05) is 19.7 Å². The van der Waals surface area contributed by atoms with E-state index >= 15 is 0 Å². The van der Waals surface area contributed by atoms with E-state index in [-0.39, 0.29) is 37.1 Å². The molecule has 1 aromatic heterocycles. The van der Waals surface area contributed by atoms with Crippen LogP contribution in [0, 0.1) is 0 Å². The van der Waals surface area contributed by atoms with E-state index in [4.69, 9.17) is 5.11 Å². The van der Waals surface area contributed by atoms with Gasteiger partial charge in [0.25, 0.3) is 0 Å². The molecule has 0 saturated carbocycles. The number of hydrogen-bond acceptors (Lipinski definition) is 4. The zero-order valence-corrected chi connectivity index (χ0v) is 14.9. The van der Waals surface area contributed by atoms with Crippen molar-refractivity contribution in [3.05, 3.63) is 53.9 Å². The summed E-state index contributed by atoms with van der Waals surface area (Å²) in [7, 11) is 0. The summed E-state index contributed by atoms with van der Waals surface area (Å²) in [5, 5.41) is 13.5. The molecule has 26 heavy (non-hydrogen) atoms. The van der Waals surface area contributed by atoms with Crippen LogP contribution < -0.4 is 0 Å². The van der Waals surface area contributed by atoms with Crippen LogP contribution in [0.25, 0.3) is 0 Å². The summed E-state index contributed by atoms with van der Waals surface area (Å²) in [6, 6.07) is 11.1. The molecule has 1 atom stereocenters. The second-order valence-electron chi connectivity index (χ2n) is 6.70. The maximum Gasteiger partial charge on any atom is 0.223 e. The zero-order valence-electron chi connectivity index (χ0n) is 14.9. The van der Waals surface area contributed by atoms with E-state index in [1.165, 1.54) is 0 Å². The molecule has 1 amide bonds. The number of nitrogens with zero attached hydrogens (tertiary/aromatic N) is 3. The Balaban J connectivity index is 1.53. The first kappa shape index (κ1) is 18.3. The molecule has 138 valence electrons. The Kier molecular flexibility index (Phi) is 6.17. The summed E-state index contributed by atoms with van der Waals surface area (Å²) in [4.78, 5) is 26.6. The SMILES string of the molecule is O=C(CCC(=O)N1CCC[C@H](c2ccn(CCO)n2)C1)c1ccccc1. The number of benzene rings is 1. The van der Waals surface area contributed by atoms with Gasteiger partial charge in [-0.05, 0) is 18.9 Å². The fourth-order valence-electron chi connectivity index (χ4n) is 3.41. The average Bonchev–Trinajstić information content (AvgIpc) is 3.15. The fourth-order valence-corrected chi connectivity index (χ4v) is 3.41. The second kappa shape index (κ2) is 8.76. The van der Waals surface area contributed by atoms with Crippen molar-refractivity contribution >= 4 is 11.7 Å². The monoisotopic (exact) mass is 355 g/mol. The molecular formula is C20H25N3O3. The number of Topliss-reactive ketones (excluding diaryl/α,β-unsaturated/α-hetero) is 1. The van der Waals surface area contributed by atoms with Crippen LogP contribution in [0.2, 0.25) is 0 Å². The second-order valence-corrected chi connectivity index (χ2v) is 6.70. The van der Waals surface area contributed by atoms with Crippen molar-refractivity contribution in [2.24, 2.45) is 0 Å². The standard InChI is InChI=1S/C20H25N3O3/c24-14-13-23-12-10-18(21-23)17-7-4-11-22(15-17)20(26)9-8-19(25)16-5-2-1-3-6-16/h1-3,5-6,10,12,17,24H,4,7-9,11,13-15H2/t17-/m0/s1. The number of carbonyl (C=O) groups excluding carboxylic acids is 2. The number of rotatable bonds is 7. The highest BCUT2D eigenvalue weighted by Gasteiger charge is 2.26. The first-order valence-electron chi connectivity index (χ1n) is 9.17. The highest BCUT2D eigenvalue weighted by Crippen LogP contribution is 2.26. The van der Waals surface area contributed by atoms with E-state index in [2.05, 4.69) is 5.10 Å². The summed E-state index contributed by atoms with van der Waals surface area (Å²) in [6.45, 7) is 1.93. The zero-order chi connectivity index (χ0) is 18.4. The number of hydrogen-bond donors (Lipinski definition) is 1. The predicted molar refractivity (Wildman–Crippen MR) is 97.9 cm³/mol. The van der Waals surface area contributed by atoms with Gasteiger partial charge in [-0.2, -0.15) is 5.10 Å². The van der Waals surface area contributed by atoms with Crippen LogP contribution in [0.4, 0.5) is 0 Å². The molecule has 0 radical (unpaired) electrons. The molecule has 1 saturated heterocycles. The third-order valence-electron chi connectivity index (χ3n) is 4.84. The van der Waals surface area contributed by atoms with Gasteiger partial charge >= 0.3 is 0 Å². The highest BCUT2D eigenvalue weighted by atomic mass is 16.3. The van der Waals surface area contributed by atoms with Gasteiger partial charge in [-0.1, -0.05) is 30.3 Å². The summed E-state index contributed by atoms with van der Waals surface area (Å²) >= 11 is 0. The predicted octanol–water partition coefficient (Wildman–Crippen LogP) is 2.24. The van der Waals surface area contributed by atoms with Crippen LogP contribution in [0.3, 0.4) is 0 Å². The maximum atomic E-state index is 12.5. The van der Waals surface area contributed by atoms with Crippen molar-refractivity contribution in [1.82, 2.24) is 14.7 Å². The molecule has 0 aliphatic carbocycles. The Labute approximate surface area is 153 Å². The van der Waals surface area contributed by atoms with Gasteiger partial charge in [0.05, 0.1) is 18.8 Å². The largest absolute Gasteiger partial charge is 0.394 e. The molecule has 0 spiro atoms. The fraction of sp³-hybridized carbons (Fsp3) is 0.450. The molecule has 3 rings (SSSR count). The molecule has 1 aliphatic rings. The van der Waals surface area contributed by atoms with Crippen molar-refractivity contribution in [3.8, 4) is 0 Å². The van der Waals surface area contributed by atoms with Gasteiger partial charge in [0.1, 0.15) is 0 Å². The molecule has 2 aromatic rings. The van der Waals surface area contributed by atoms with Crippen LogP contribution in [-0.4, -0.2) is 51.2 Å². The van der Waals surface area contributed by atoms with Gasteiger partial charge in [0.15, 0.2) is 5.78 Å². The molecular weight excluding hydrogens is 330 g/mol. The molecule has 0 bridgehead atoms. The Hall–Kier alpha value is -2.47. The van der Waals surface area contributed by atoms with Gasteiger partial charge in [-0.25, -0.2) is 0 Å². The van der Waals surface area contributed by atoms with Gasteiger partial charge in [0.2, 0.25) is 5.91 Å². The van der Waals surface area contributed by atoms with E-state index < -0.39 is 0 Å². The van der Waals surface area contributed by atoms with Crippen molar-refractivity contribution < 1.29 is 14.7 Å². The molecule has 1 N–H and O–H groups in total. The number of piperidine rings is 1. The number of aromatic nitrogens is 2. The van der Waals surface area contributed by atoms with E-state index in [1.807, 2.05) is 35.4 Å². The lowest BCUT2D eigenvalue weighted by Gasteiger charge is -2.32. The number of likely N-dealkylation sites (tertiary alicyclic amines) is 1. The lowest BCUT2D eigenvalue weighted by Crippen LogP contribution is -2.39. The summed E-state index contributed by atoms with van der Waals surface area (Å²) in [6.07, 6.45) is 4.30. The Bertz CT molecular complexity index is 742. The third kappa shape index (κ3) is 4.58. The van der Waals surface area contributed by atoms with Crippen LogP contribution in [0.15, 0.2) is 42.6 Å². The van der Waals surface area contributed by atoms with E-state index in [0.29, 0.717) is 18.7 Å². The van der Waals surface area contributed by atoms with Crippen molar-refractivity contribution in [2.45, 2.75) is 38.1 Å². The molecule has 6 nitrogen and oxygen atoms in total. The first-order valence-corrected chi connectivity index (χ1v) is 9.17. The molecule has 1 fully saturated rings. The van der Waals surface area contributed by atoms with Crippen molar-refractivity contribution in [1.29, 1.82) is 0 Å². The quantitative estimate of drug-likeness (QED) is 0.773. The minimum atomic E-state index is 0.00950. The normalized spacial score (nSPS) is 17.3. The summed E-state index contributed by atoms with van der Waals surface area (Å²) in [5.74, 6) is 0.265. The smallest absolute Gasteiger partial charge is 0.223 e. The van der Waals surface area contributed by atoms with Crippen LogP contribution in [0.5, 0.6) is 0 Å². The van der Waals surface area contributed by atoms with Crippen LogP contribution in [-0.2, 0) is 11.3 Å². The van der Waals surface area contributed by atoms with Gasteiger partial charge in [0, 0.05) is 43.6 Å². The number of ketones is 1. The van der Waals surface area contributed by atoms with E-state index in [0.717, 1.165) is 25.1 Å². The molecule has 1 aliphatic heterocycles. The Morgan fingerprint density at radius 3 is 2.73 bits per heavy atom. The van der Waals surface area contributed by atoms with E-state index in [9.17, 15) is 9.59 Å². The van der Waals surface area contributed by atoms with Crippen molar-refractivity contribution in [3.63, 3.8) is 0 Å². The van der Waals surface area contributed by atoms with E-state index in [1.54, 1.807) is 16.8 Å². The first-order chi connectivity index (χ1) is 12.7. The molecule has 1 aromatic carbocycles. The minimum absolute atomic E-state index is 0.00950. The lowest BCUT2D eigenvalue weighted by atomic mass is 9.94. The molecule has 2 heterocycles. The number of aliphatic hydroxyl groups is 1. The van der Waals surface area contributed by atoms with Gasteiger partial charge in [-0.3, -0.25) is 14.3 Å². The Morgan fingerprint density at radius 2 is 1.96 bits per heavy atom.